The van der Waals surface area contributed by atoms with Crippen molar-refractivity contribution in [2.24, 2.45) is 0 Å². The van der Waals surface area contributed by atoms with Crippen LogP contribution in [0.15, 0.2) is 23.6 Å². The van der Waals surface area contributed by atoms with Crippen LogP contribution in [0.4, 0.5) is 0 Å². The molecule has 0 aliphatic carbocycles. The lowest BCUT2D eigenvalue weighted by Crippen LogP contribution is -2.21. The van der Waals surface area contributed by atoms with Crippen molar-refractivity contribution in [2.75, 3.05) is 6.54 Å². The number of pyridine rings is 1. The Bertz CT molecular complexity index is 516. The first-order valence-corrected chi connectivity index (χ1v) is 7.29. The van der Waals surface area contributed by atoms with Gasteiger partial charge in [-0.15, -0.1) is 11.3 Å². The lowest BCUT2D eigenvalue weighted by atomic mass is 10.0. The second-order valence-corrected chi connectivity index (χ2v) is 5.66. The van der Waals surface area contributed by atoms with E-state index in [1.54, 1.807) is 11.3 Å². The molecule has 0 saturated heterocycles. The van der Waals surface area contributed by atoms with Crippen molar-refractivity contribution in [1.82, 2.24) is 10.3 Å². The molecule has 1 unspecified atom stereocenters. The van der Waals surface area contributed by atoms with E-state index in [0.717, 1.165) is 23.0 Å². The third kappa shape index (κ3) is 2.91. The Labute approximate surface area is 117 Å². The molecule has 2 rings (SSSR count). The zero-order valence-corrected chi connectivity index (χ0v) is 12.4. The van der Waals surface area contributed by atoms with Crippen LogP contribution in [0.25, 0.3) is 0 Å². The van der Waals surface area contributed by atoms with Crippen molar-refractivity contribution >= 4 is 22.9 Å². The van der Waals surface area contributed by atoms with Crippen molar-refractivity contribution < 1.29 is 0 Å². The van der Waals surface area contributed by atoms with Crippen LogP contribution in [0.2, 0.25) is 5.02 Å². The first-order chi connectivity index (χ1) is 8.61. The monoisotopic (exact) mass is 280 g/mol. The summed E-state index contributed by atoms with van der Waals surface area (Å²) < 4.78 is 0. The van der Waals surface area contributed by atoms with Gasteiger partial charge in [0.05, 0.1) is 11.1 Å². The Morgan fingerprint density at radius 3 is 2.50 bits per heavy atom. The van der Waals surface area contributed by atoms with Gasteiger partial charge in [0.2, 0.25) is 0 Å². The van der Waals surface area contributed by atoms with Gasteiger partial charge >= 0.3 is 0 Å². The number of thiophene rings is 1. The summed E-state index contributed by atoms with van der Waals surface area (Å²) in [5.41, 5.74) is 3.31. The van der Waals surface area contributed by atoms with E-state index in [1.165, 1.54) is 10.4 Å². The maximum atomic E-state index is 6.25. The number of hydrogen-bond donors (Lipinski definition) is 1. The molecule has 0 aliphatic heterocycles. The van der Waals surface area contributed by atoms with Gasteiger partial charge in [-0.3, -0.25) is 4.98 Å². The number of halogens is 1. The fourth-order valence-corrected chi connectivity index (χ4v) is 3.38. The lowest BCUT2D eigenvalue weighted by Gasteiger charge is -2.18. The van der Waals surface area contributed by atoms with Gasteiger partial charge < -0.3 is 5.32 Å². The molecule has 0 bridgehead atoms. The predicted octanol–water partition coefficient (Wildman–Crippen LogP) is 4.11. The number of hydrogen-bond acceptors (Lipinski definition) is 3. The molecule has 0 spiro atoms. The standard InChI is InChI=1S/C14H17ClN2S/c1-4-16-13(14-12(15)5-6-18-14)11-7-9(2)17-10(3)8-11/h5-8,13,16H,4H2,1-3H3. The molecule has 1 N–H and O–H groups in total. The van der Waals surface area contributed by atoms with Crippen LogP contribution in [0.3, 0.4) is 0 Å². The number of aromatic nitrogens is 1. The molecular weight excluding hydrogens is 264 g/mol. The fraction of sp³-hybridized carbons (Fsp3) is 0.357. The van der Waals surface area contributed by atoms with Gasteiger partial charge in [-0.1, -0.05) is 18.5 Å². The minimum atomic E-state index is 0.155. The van der Waals surface area contributed by atoms with Crippen molar-refractivity contribution in [3.63, 3.8) is 0 Å². The Morgan fingerprint density at radius 1 is 1.33 bits per heavy atom. The maximum absolute atomic E-state index is 6.25. The molecule has 0 fully saturated rings. The molecule has 0 aliphatic rings. The fourth-order valence-electron chi connectivity index (χ4n) is 2.11. The predicted molar refractivity (Wildman–Crippen MR) is 78.6 cm³/mol. The minimum absolute atomic E-state index is 0.155. The molecule has 96 valence electrons. The van der Waals surface area contributed by atoms with Crippen molar-refractivity contribution in [2.45, 2.75) is 26.8 Å². The summed E-state index contributed by atoms with van der Waals surface area (Å²) in [6, 6.07) is 6.35. The SMILES string of the molecule is CCNC(c1cc(C)nc(C)c1)c1sccc1Cl. The number of rotatable bonds is 4. The van der Waals surface area contributed by atoms with Gasteiger partial charge in [-0.2, -0.15) is 0 Å². The Balaban J connectivity index is 2.44. The summed E-state index contributed by atoms with van der Waals surface area (Å²) in [6.07, 6.45) is 0. The van der Waals surface area contributed by atoms with Gasteiger partial charge in [-0.05, 0) is 49.5 Å². The van der Waals surface area contributed by atoms with Crippen molar-refractivity contribution in [3.8, 4) is 0 Å². The van der Waals surface area contributed by atoms with Crippen LogP contribution in [-0.2, 0) is 0 Å². The van der Waals surface area contributed by atoms with Crippen LogP contribution in [-0.4, -0.2) is 11.5 Å². The molecule has 2 aromatic heterocycles. The van der Waals surface area contributed by atoms with Crippen LogP contribution in [0, 0.1) is 13.8 Å². The lowest BCUT2D eigenvalue weighted by molar-refractivity contribution is 0.638. The second kappa shape index (κ2) is 5.83. The first kappa shape index (κ1) is 13.5. The smallest absolute Gasteiger partial charge is 0.0687 e. The van der Waals surface area contributed by atoms with E-state index in [4.69, 9.17) is 11.6 Å². The number of nitrogens with zero attached hydrogens (tertiary/aromatic N) is 1. The zero-order valence-electron chi connectivity index (χ0n) is 10.8. The highest BCUT2D eigenvalue weighted by molar-refractivity contribution is 7.10. The van der Waals surface area contributed by atoms with E-state index in [2.05, 4.69) is 29.4 Å². The largest absolute Gasteiger partial charge is 0.306 e. The highest BCUT2D eigenvalue weighted by Crippen LogP contribution is 2.33. The highest BCUT2D eigenvalue weighted by atomic mass is 35.5. The van der Waals surface area contributed by atoms with Gasteiger partial charge in [0, 0.05) is 16.3 Å². The molecule has 0 radical (unpaired) electrons. The molecule has 2 nitrogen and oxygen atoms in total. The van der Waals surface area contributed by atoms with E-state index < -0.39 is 0 Å². The Kier molecular flexibility index (Phi) is 4.38. The summed E-state index contributed by atoms with van der Waals surface area (Å²) >= 11 is 7.94. The summed E-state index contributed by atoms with van der Waals surface area (Å²) in [6.45, 7) is 7.06. The van der Waals surface area contributed by atoms with Crippen molar-refractivity contribution in [1.29, 1.82) is 0 Å². The zero-order chi connectivity index (χ0) is 13.1. The average Bonchev–Trinajstić information content (AvgIpc) is 2.71. The Hall–Kier alpha value is -0.900. The highest BCUT2D eigenvalue weighted by Gasteiger charge is 2.18. The molecule has 1 atom stereocenters. The Morgan fingerprint density at radius 2 is 2.00 bits per heavy atom. The van der Waals surface area contributed by atoms with Gasteiger partial charge in [0.15, 0.2) is 0 Å². The van der Waals surface area contributed by atoms with Crippen molar-refractivity contribution in [3.05, 3.63) is 50.4 Å². The van der Waals surface area contributed by atoms with E-state index in [-0.39, 0.29) is 6.04 Å². The third-order valence-electron chi connectivity index (χ3n) is 2.75. The van der Waals surface area contributed by atoms with E-state index in [1.807, 2.05) is 25.3 Å². The van der Waals surface area contributed by atoms with Crippen LogP contribution < -0.4 is 5.32 Å². The number of nitrogens with one attached hydrogen (secondary N) is 1. The molecule has 18 heavy (non-hydrogen) atoms. The van der Waals surface area contributed by atoms with E-state index >= 15 is 0 Å². The minimum Gasteiger partial charge on any atom is -0.306 e. The summed E-state index contributed by atoms with van der Waals surface area (Å²) in [7, 11) is 0. The molecule has 4 heteroatoms. The van der Waals surface area contributed by atoms with Gasteiger partial charge in [0.1, 0.15) is 0 Å². The molecule has 2 heterocycles. The van der Waals surface area contributed by atoms with Crippen LogP contribution >= 0.6 is 22.9 Å². The molecule has 0 amide bonds. The molecule has 2 aromatic rings. The van der Waals surface area contributed by atoms with E-state index in [9.17, 15) is 0 Å². The summed E-state index contributed by atoms with van der Waals surface area (Å²) in [5, 5.41) is 6.36. The van der Waals surface area contributed by atoms with Crippen LogP contribution in [0.1, 0.15) is 34.8 Å². The topological polar surface area (TPSA) is 24.9 Å². The quantitative estimate of drug-likeness (QED) is 0.912. The van der Waals surface area contributed by atoms with Gasteiger partial charge in [0.25, 0.3) is 0 Å². The van der Waals surface area contributed by atoms with Gasteiger partial charge in [-0.25, -0.2) is 0 Å². The van der Waals surface area contributed by atoms with E-state index in [0.29, 0.717) is 0 Å². The normalized spacial score (nSPS) is 12.7. The summed E-state index contributed by atoms with van der Waals surface area (Å²) in [5.74, 6) is 0. The number of aryl methyl sites for hydroxylation is 2. The summed E-state index contributed by atoms with van der Waals surface area (Å²) in [4.78, 5) is 5.59. The molecular formula is C14H17ClN2S. The molecule has 0 aromatic carbocycles. The van der Waals surface area contributed by atoms with Crippen LogP contribution in [0.5, 0.6) is 0 Å². The molecule has 0 saturated carbocycles. The second-order valence-electron chi connectivity index (χ2n) is 4.31. The maximum Gasteiger partial charge on any atom is 0.0687 e. The average molecular weight is 281 g/mol. The third-order valence-corrected chi connectivity index (χ3v) is 4.18. The first-order valence-electron chi connectivity index (χ1n) is 6.03.